The van der Waals surface area contributed by atoms with Crippen LogP contribution in [0.2, 0.25) is 0 Å². The van der Waals surface area contributed by atoms with E-state index in [0.29, 0.717) is 24.6 Å². The quantitative estimate of drug-likeness (QED) is 0.848. The van der Waals surface area contributed by atoms with Gasteiger partial charge >= 0.3 is 0 Å². The van der Waals surface area contributed by atoms with Crippen molar-refractivity contribution in [3.8, 4) is 5.69 Å². The van der Waals surface area contributed by atoms with Gasteiger partial charge in [0.1, 0.15) is 0 Å². The van der Waals surface area contributed by atoms with E-state index < -0.39 is 0 Å². The van der Waals surface area contributed by atoms with E-state index >= 15 is 0 Å². The number of aromatic nitrogens is 2. The van der Waals surface area contributed by atoms with E-state index in [0.717, 1.165) is 18.5 Å². The first-order valence-electron chi connectivity index (χ1n) is 8.88. The summed E-state index contributed by atoms with van der Waals surface area (Å²) in [6, 6.07) is 7.59. The zero-order chi connectivity index (χ0) is 17.5. The van der Waals surface area contributed by atoms with Gasteiger partial charge in [-0.2, -0.15) is 0 Å². The minimum Gasteiger partial charge on any atom is -0.353 e. The van der Waals surface area contributed by atoms with E-state index in [4.69, 9.17) is 0 Å². The average molecular weight is 340 g/mol. The number of hydrogen-bond acceptors (Lipinski definition) is 3. The molecule has 0 saturated heterocycles. The molecule has 1 heterocycles. The number of carbonyl (C=O) groups is 2. The Hall–Kier alpha value is -2.63. The molecule has 1 saturated carbocycles. The van der Waals surface area contributed by atoms with Crippen molar-refractivity contribution in [2.75, 3.05) is 6.54 Å². The van der Waals surface area contributed by atoms with Crippen LogP contribution in [0.3, 0.4) is 0 Å². The van der Waals surface area contributed by atoms with Crippen molar-refractivity contribution in [3.63, 3.8) is 0 Å². The molecule has 0 bridgehead atoms. The molecule has 1 aromatic carbocycles. The van der Waals surface area contributed by atoms with E-state index in [2.05, 4.69) is 15.6 Å². The van der Waals surface area contributed by atoms with Crippen molar-refractivity contribution in [1.29, 1.82) is 0 Å². The van der Waals surface area contributed by atoms with Crippen LogP contribution in [0.25, 0.3) is 5.69 Å². The van der Waals surface area contributed by atoms with Gasteiger partial charge in [0, 0.05) is 42.7 Å². The van der Waals surface area contributed by atoms with Gasteiger partial charge in [0.15, 0.2) is 0 Å². The van der Waals surface area contributed by atoms with Gasteiger partial charge in [-0.05, 0) is 37.1 Å². The van der Waals surface area contributed by atoms with Crippen LogP contribution in [-0.2, 0) is 4.79 Å². The summed E-state index contributed by atoms with van der Waals surface area (Å²) >= 11 is 0. The molecule has 0 unspecified atom stereocenters. The Morgan fingerprint density at radius 3 is 2.56 bits per heavy atom. The zero-order valence-electron chi connectivity index (χ0n) is 14.3. The third kappa shape index (κ3) is 4.92. The lowest BCUT2D eigenvalue weighted by Crippen LogP contribution is -2.38. The number of imidazole rings is 1. The number of amides is 2. The van der Waals surface area contributed by atoms with Gasteiger partial charge in [0.25, 0.3) is 5.91 Å². The Balaban J connectivity index is 1.42. The standard InChI is InChI=1S/C19H24N4O2/c24-18(22-16-4-2-1-3-5-16)10-11-21-19(25)15-6-8-17(9-7-15)23-13-12-20-14-23/h6-9,12-14,16H,1-5,10-11H2,(H,21,25)(H,22,24). The monoisotopic (exact) mass is 340 g/mol. The second-order valence-corrected chi connectivity index (χ2v) is 6.43. The van der Waals surface area contributed by atoms with Crippen molar-refractivity contribution < 1.29 is 9.59 Å². The van der Waals surface area contributed by atoms with Gasteiger partial charge in [0.05, 0.1) is 6.33 Å². The summed E-state index contributed by atoms with van der Waals surface area (Å²) < 4.78 is 1.87. The predicted octanol–water partition coefficient (Wildman–Crippen LogP) is 2.44. The molecule has 0 spiro atoms. The summed E-state index contributed by atoms with van der Waals surface area (Å²) in [6.45, 7) is 0.348. The molecule has 25 heavy (non-hydrogen) atoms. The van der Waals surface area contributed by atoms with Crippen molar-refractivity contribution >= 4 is 11.8 Å². The van der Waals surface area contributed by atoms with Crippen LogP contribution < -0.4 is 10.6 Å². The normalized spacial score (nSPS) is 14.9. The molecular weight excluding hydrogens is 316 g/mol. The van der Waals surface area contributed by atoms with Crippen LogP contribution in [-0.4, -0.2) is 34.0 Å². The fourth-order valence-electron chi connectivity index (χ4n) is 3.14. The molecule has 1 aromatic heterocycles. The van der Waals surface area contributed by atoms with E-state index in [1.807, 2.05) is 22.9 Å². The van der Waals surface area contributed by atoms with Crippen LogP contribution in [0.4, 0.5) is 0 Å². The number of rotatable bonds is 6. The largest absolute Gasteiger partial charge is 0.353 e. The van der Waals surface area contributed by atoms with Crippen molar-refractivity contribution in [2.24, 2.45) is 0 Å². The van der Waals surface area contributed by atoms with Gasteiger partial charge < -0.3 is 15.2 Å². The molecule has 0 radical (unpaired) electrons. The lowest BCUT2D eigenvalue weighted by atomic mass is 9.95. The number of hydrogen-bond donors (Lipinski definition) is 2. The highest BCUT2D eigenvalue weighted by atomic mass is 16.2. The van der Waals surface area contributed by atoms with E-state index in [9.17, 15) is 9.59 Å². The van der Waals surface area contributed by atoms with Gasteiger partial charge in [0.2, 0.25) is 5.91 Å². The summed E-state index contributed by atoms with van der Waals surface area (Å²) in [7, 11) is 0. The van der Waals surface area contributed by atoms with Crippen LogP contribution in [0.1, 0.15) is 48.9 Å². The third-order valence-corrected chi connectivity index (χ3v) is 4.54. The maximum absolute atomic E-state index is 12.2. The Kier molecular flexibility index (Phi) is 5.82. The fourth-order valence-corrected chi connectivity index (χ4v) is 3.14. The smallest absolute Gasteiger partial charge is 0.251 e. The summed E-state index contributed by atoms with van der Waals surface area (Å²) in [5.41, 5.74) is 1.53. The first-order chi connectivity index (χ1) is 12.2. The summed E-state index contributed by atoms with van der Waals surface area (Å²) in [4.78, 5) is 28.1. The molecule has 1 aliphatic carbocycles. The molecule has 2 N–H and O–H groups in total. The Bertz CT molecular complexity index is 689. The first kappa shape index (κ1) is 17.2. The molecule has 2 amide bonds. The number of nitrogens with one attached hydrogen (secondary N) is 2. The predicted molar refractivity (Wildman–Crippen MR) is 95.5 cm³/mol. The molecule has 2 aromatic rings. The highest BCUT2D eigenvalue weighted by Gasteiger charge is 2.15. The lowest BCUT2D eigenvalue weighted by Gasteiger charge is -2.22. The minimum absolute atomic E-state index is 0.0163. The Morgan fingerprint density at radius 2 is 1.88 bits per heavy atom. The maximum atomic E-state index is 12.2. The molecule has 132 valence electrons. The molecule has 1 aliphatic rings. The number of nitrogens with zero attached hydrogens (tertiary/aromatic N) is 2. The third-order valence-electron chi connectivity index (χ3n) is 4.54. The number of benzene rings is 1. The first-order valence-corrected chi connectivity index (χ1v) is 8.88. The highest BCUT2D eigenvalue weighted by Crippen LogP contribution is 2.17. The summed E-state index contributed by atoms with van der Waals surface area (Å²) in [6.07, 6.45) is 11.4. The van der Waals surface area contributed by atoms with Crippen LogP contribution in [0.5, 0.6) is 0 Å². The minimum atomic E-state index is -0.164. The molecular formula is C19H24N4O2. The fraction of sp³-hybridized carbons (Fsp3) is 0.421. The van der Waals surface area contributed by atoms with Gasteiger partial charge in [-0.3, -0.25) is 9.59 Å². The van der Waals surface area contributed by atoms with Crippen LogP contribution in [0.15, 0.2) is 43.0 Å². The molecule has 1 fully saturated rings. The van der Waals surface area contributed by atoms with Gasteiger partial charge in [-0.1, -0.05) is 19.3 Å². The molecule has 6 nitrogen and oxygen atoms in total. The van der Waals surface area contributed by atoms with Crippen molar-refractivity contribution in [2.45, 2.75) is 44.6 Å². The van der Waals surface area contributed by atoms with Gasteiger partial charge in [-0.15, -0.1) is 0 Å². The second kappa shape index (κ2) is 8.46. The lowest BCUT2D eigenvalue weighted by molar-refractivity contribution is -0.121. The molecule has 6 heteroatoms. The number of carbonyl (C=O) groups excluding carboxylic acids is 2. The SMILES string of the molecule is O=C(CCNC(=O)c1ccc(-n2ccnc2)cc1)NC1CCCCC1. The molecule has 0 atom stereocenters. The summed E-state index contributed by atoms with van der Waals surface area (Å²) in [5, 5.41) is 5.86. The highest BCUT2D eigenvalue weighted by molar-refractivity contribution is 5.94. The van der Waals surface area contributed by atoms with Crippen LogP contribution in [0, 0.1) is 0 Å². The Labute approximate surface area is 147 Å². The maximum Gasteiger partial charge on any atom is 0.251 e. The molecule has 3 rings (SSSR count). The second-order valence-electron chi connectivity index (χ2n) is 6.43. The molecule has 0 aliphatic heterocycles. The average Bonchev–Trinajstić information content (AvgIpc) is 3.17. The van der Waals surface area contributed by atoms with Gasteiger partial charge in [-0.25, -0.2) is 4.98 Å². The van der Waals surface area contributed by atoms with Crippen molar-refractivity contribution in [1.82, 2.24) is 20.2 Å². The zero-order valence-corrected chi connectivity index (χ0v) is 14.3. The van der Waals surface area contributed by atoms with E-state index in [-0.39, 0.29) is 11.8 Å². The van der Waals surface area contributed by atoms with Crippen LogP contribution >= 0.6 is 0 Å². The summed E-state index contributed by atoms with van der Waals surface area (Å²) in [5.74, 6) is -0.148. The van der Waals surface area contributed by atoms with E-state index in [1.165, 1.54) is 19.3 Å². The van der Waals surface area contributed by atoms with E-state index in [1.54, 1.807) is 24.7 Å². The van der Waals surface area contributed by atoms with Crippen molar-refractivity contribution in [3.05, 3.63) is 48.5 Å². The topological polar surface area (TPSA) is 76.0 Å². The Morgan fingerprint density at radius 1 is 1.12 bits per heavy atom.